The molecule has 1 aromatic heterocycles. The first kappa shape index (κ1) is 16.3. The number of rotatable bonds is 2. The SMILES string of the molecule is CCN1Cc2c(C(=O)N3CCCC3)ncn2-c2ccccc2S1(=O)=O. The van der Waals surface area contributed by atoms with Gasteiger partial charge in [-0.05, 0) is 25.0 Å². The maximum Gasteiger partial charge on any atom is 0.274 e. The van der Waals surface area contributed by atoms with Crippen LogP contribution in [0.15, 0.2) is 35.5 Å². The lowest BCUT2D eigenvalue weighted by molar-refractivity contribution is 0.0785. The van der Waals surface area contributed by atoms with Crippen LogP contribution in [0.25, 0.3) is 5.69 Å². The summed E-state index contributed by atoms with van der Waals surface area (Å²) in [6, 6.07) is 6.86. The van der Waals surface area contributed by atoms with E-state index in [4.69, 9.17) is 0 Å². The van der Waals surface area contributed by atoms with Crippen LogP contribution >= 0.6 is 0 Å². The minimum Gasteiger partial charge on any atom is -0.337 e. The fraction of sp³-hybridized carbons (Fsp3) is 0.412. The molecule has 0 radical (unpaired) electrons. The van der Waals surface area contributed by atoms with Gasteiger partial charge in [0.25, 0.3) is 5.91 Å². The largest absolute Gasteiger partial charge is 0.337 e. The number of carbonyl (C=O) groups is 1. The van der Waals surface area contributed by atoms with Crippen molar-refractivity contribution in [3.05, 3.63) is 42.0 Å². The summed E-state index contributed by atoms with van der Waals surface area (Å²) >= 11 is 0. The summed E-state index contributed by atoms with van der Waals surface area (Å²) in [7, 11) is -3.61. The van der Waals surface area contributed by atoms with Gasteiger partial charge in [0.1, 0.15) is 11.2 Å². The van der Waals surface area contributed by atoms with Crippen LogP contribution < -0.4 is 0 Å². The van der Waals surface area contributed by atoms with Crippen LogP contribution in [-0.4, -0.2) is 52.7 Å². The molecule has 0 N–H and O–H groups in total. The van der Waals surface area contributed by atoms with Crippen molar-refractivity contribution in [2.24, 2.45) is 0 Å². The van der Waals surface area contributed by atoms with E-state index in [0.717, 1.165) is 25.9 Å². The van der Waals surface area contributed by atoms with Gasteiger partial charge in [0.2, 0.25) is 10.0 Å². The van der Waals surface area contributed by atoms with E-state index in [-0.39, 0.29) is 17.3 Å². The van der Waals surface area contributed by atoms with Gasteiger partial charge in [-0.3, -0.25) is 9.36 Å². The predicted molar refractivity (Wildman–Crippen MR) is 92.0 cm³/mol. The second-order valence-electron chi connectivity index (χ2n) is 6.31. The standard InChI is InChI=1S/C17H20N4O3S/c1-2-20-11-14-16(17(22)19-9-5-6-10-19)18-12-21(14)13-7-3-4-8-15(13)25(20,23)24/h3-4,7-8,12H,2,5-6,9-11H2,1H3. The zero-order valence-electron chi connectivity index (χ0n) is 14.1. The number of benzene rings is 1. The topological polar surface area (TPSA) is 75.5 Å². The lowest BCUT2D eigenvalue weighted by Crippen LogP contribution is -2.32. The van der Waals surface area contributed by atoms with Crippen molar-refractivity contribution in [2.45, 2.75) is 31.2 Å². The number of sulfonamides is 1. The van der Waals surface area contributed by atoms with Crippen LogP contribution in [0.2, 0.25) is 0 Å². The quantitative estimate of drug-likeness (QED) is 0.816. The fourth-order valence-electron chi connectivity index (χ4n) is 3.53. The number of para-hydroxylation sites is 1. The van der Waals surface area contributed by atoms with E-state index >= 15 is 0 Å². The smallest absolute Gasteiger partial charge is 0.274 e. The number of fused-ring (bicyclic) bond motifs is 3. The first-order chi connectivity index (χ1) is 12.0. The monoisotopic (exact) mass is 360 g/mol. The average molecular weight is 360 g/mol. The molecule has 4 rings (SSSR count). The Morgan fingerprint density at radius 3 is 2.64 bits per heavy atom. The van der Waals surface area contributed by atoms with Crippen LogP contribution in [0.5, 0.6) is 0 Å². The van der Waals surface area contributed by atoms with E-state index in [0.29, 0.717) is 23.6 Å². The van der Waals surface area contributed by atoms with Gasteiger partial charge in [-0.25, -0.2) is 13.4 Å². The summed E-state index contributed by atoms with van der Waals surface area (Å²) in [6.45, 7) is 3.74. The van der Waals surface area contributed by atoms with Crippen molar-refractivity contribution in [1.82, 2.24) is 18.8 Å². The maximum absolute atomic E-state index is 13.0. The summed E-state index contributed by atoms with van der Waals surface area (Å²) in [4.78, 5) is 19.2. The minimum atomic E-state index is -3.61. The Balaban J connectivity index is 1.89. The normalized spacial score (nSPS) is 19.3. The summed E-state index contributed by atoms with van der Waals surface area (Å²) in [6.07, 6.45) is 3.56. The molecule has 0 aliphatic carbocycles. The Hall–Kier alpha value is -2.19. The van der Waals surface area contributed by atoms with E-state index < -0.39 is 10.0 Å². The van der Waals surface area contributed by atoms with Gasteiger partial charge in [-0.2, -0.15) is 4.31 Å². The van der Waals surface area contributed by atoms with Crippen molar-refractivity contribution in [3.63, 3.8) is 0 Å². The summed E-state index contributed by atoms with van der Waals surface area (Å²) in [5.74, 6) is -0.112. The third-order valence-electron chi connectivity index (χ3n) is 4.88. The first-order valence-corrected chi connectivity index (χ1v) is 9.93. The van der Waals surface area contributed by atoms with E-state index in [1.165, 1.54) is 4.31 Å². The molecule has 1 fully saturated rings. The van der Waals surface area contributed by atoms with Crippen LogP contribution in [0.3, 0.4) is 0 Å². The lowest BCUT2D eigenvalue weighted by atomic mass is 10.2. The molecule has 0 atom stereocenters. The second-order valence-corrected chi connectivity index (χ2v) is 8.21. The molecule has 0 unspecified atom stereocenters. The second kappa shape index (κ2) is 5.96. The Kier molecular flexibility index (Phi) is 3.88. The van der Waals surface area contributed by atoms with Gasteiger partial charge >= 0.3 is 0 Å². The lowest BCUT2D eigenvalue weighted by Gasteiger charge is -2.19. The molecule has 0 saturated carbocycles. The zero-order valence-corrected chi connectivity index (χ0v) is 14.9. The molecule has 0 spiro atoms. The zero-order chi connectivity index (χ0) is 17.6. The molecule has 2 aliphatic heterocycles. The van der Waals surface area contributed by atoms with Crippen LogP contribution in [-0.2, 0) is 16.6 Å². The molecule has 3 heterocycles. The van der Waals surface area contributed by atoms with Crippen molar-refractivity contribution >= 4 is 15.9 Å². The molecular weight excluding hydrogens is 340 g/mol. The molecule has 25 heavy (non-hydrogen) atoms. The highest BCUT2D eigenvalue weighted by molar-refractivity contribution is 7.89. The Morgan fingerprint density at radius 1 is 1.20 bits per heavy atom. The van der Waals surface area contributed by atoms with E-state index in [1.54, 1.807) is 47.0 Å². The number of hydrogen-bond acceptors (Lipinski definition) is 4. The van der Waals surface area contributed by atoms with Crippen LogP contribution in [0, 0.1) is 0 Å². The number of hydrogen-bond donors (Lipinski definition) is 0. The third-order valence-corrected chi connectivity index (χ3v) is 6.85. The molecule has 7 nitrogen and oxygen atoms in total. The van der Waals surface area contributed by atoms with Gasteiger partial charge in [0.05, 0.1) is 17.9 Å². The number of nitrogens with zero attached hydrogens (tertiary/aromatic N) is 4. The summed E-state index contributed by atoms with van der Waals surface area (Å²) in [5, 5.41) is 0. The molecule has 132 valence electrons. The Bertz CT molecular complexity index is 929. The minimum absolute atomic E-state index is 0.112. The van der Waals surface area contributed by atoms with Gasteiger partial charge in [-0.15, -0.1) is 0 Å². The number of likely N-dealkylation sites (tertiary alicyclic amines) is 1. The van der Waals surface area contributed by atoms with Crippen LogP contribution in [0.1, 0.15) is 35.9 Å². The highest BCUT2D eigenvalue weighted by Gasteiger charge is 2.35. The highest BCUT2D eigenvalue weighted by Crippen LogP contribution is 2.31. The molecule has 2 aliphatic rings. The van der Waals surface area contributed by atoms with Crippen molar-refractivity contribution in [2.75, 3.05) is 19.6 Å². The average Bonchev–Trinajstić information content (AvgIpc) is 3.27. The number of aromatic nitrogens is 2. The van der Waals surface area contributed by atoms with Crippen molar-refractivity contribution < 1.29 is 13.2 Å². The fourth-order valence-corrected chi connectivity index (χ4v) is 5.12. The van der Waals surface area contributed by atoms with Gasteiger partial charge in [0, 0.05) is 19.6 Å². The third kappa shape index (κ3) is 2.47. The number of carbonyl (C=O) groups excluding carboxylic acids is 1. The summed E-state index contributed by atoms with van der Waals surface area (Å²) in [5.41, 5.74) is 1.53. The molecule has 2 aromatic rings. The van der Waals surface area contributed by atoms with E-state index in [9.17, 15) is 13.2 Å². The molecular formula is C17H20N4O3S. The predicted octanol–water partition coefficient (Wildman–Crippen LogP) is 1.63. The molecule has 1 aromatic carbocycles. The van der Waals surface area contributed by atoms with Gasteiger partial charge < -0.3 is 4.90 Å². The number of imidazole rings is 1. The molecule has 0 bridgehead atoms. The maximum atomic E-state index is 13.0. The molecule has 1 saturated heterocycles. The highest BCUT2D eigenvalue weighted by atomic mass is 32.2. The van der Waals surface area contributed by atoms with Gasteiger partial charge in [-0.1, -0.05) is 19.1 Å². The number of amides is 1. The summed E-state index contributed by atoms with van der Waals surface area (Å²) < 4.78 is 29.0. The Labute approximate surface area is 146 Å². The van der Waals surface area contributed by atoms with E-state index in [1.807, 2.05) is 0 Å². The van der Waals surface area contributed by atoms with Crippen molar-refractivity contribution in [3.8, 4) is 5.69 Å². The molecule has 8 heteroatoms. The van der Waals surface area contributed by atoms with Gasteiger partial charge in [0.15, 0.2) is 5.69 Å². The molecule has 1 amide bonds. The van der Waals surface area contributed by atoms with E-state index in [2.05, 4.69) is 4.98 Å². The first-order valence-electron chi connectivity index (χ1n) is 8.49. The Morgan fingerprint density at radius 2 is 1.92 bits per heavy atom. The van der Waals surface area contributed by atoms with Crippen LogP contribution in [0.4, 0.5) is 0 Å². The van der Waals surface area contributed by atoms with Crippen molar-refractivity contribution in [1.29, 1.82) is 0 Å².